The highest BCUT2D eigenvalue weighted by Gasteiger charge is 1.98. The maximum atomic E-state index is 11.0. The van der Waals surface area contributed by atoms with Crippen LogP contribution >= 0.6 is 0 Å². The van der Waals surface area contributed by atoms with Crippen molar-refractivity contribution in [1.82, 2.24) is 20.6 Å². The van der Waals surface area contributed by atoms with Crippen LogP contribution in [0.4, 0.5) is 0 Å². The molecule has 0 bridgehead atoms. The van der Waals surface area contributed by atoms with E-state index in [1.54, 1.807) is 19.4 Å². The first-order valence-electron chi connectivity index (χ1n) is 4.22. The first-order valence-corrected chi connectivity index (χ1v) is 4.22. The van der Waals surface area contributed by atoms with Gasteiger partial charge in [0.1, 0.15) is 5.82 Å². The molecule has 0 radical (unpaired) electrons. The lowest BCUT2D eigenvalue weighted by atomic mass is 10.4. The van der Waals surface area contributed by atoms with Crippen LogP contribution in [-0.2, 0) is 11.2 Å². The van der Waals surface area contributed by atoms with Crippen molar-refractivity contribution in [3.8, 4) is 0 Å². The molecule has 1 aromatic heterocycles. The molecule has 1 amide bonds. The molecule has 0 fully saturated rings. The molecule has 0 atom stereocenters. The molecule has 1 aromatic rings. The van der Waals surface area contributed by atoms with Gasteiger partial charge in [-0.25, -0.2) is 4.98 Å². The molecule has 1 heterocycles. The zero-order chi connectivity index (χ0) is 9.52. The smallest absolute Gasteiger partial charge is 0.233 e. The summed E-state index contributed by atoms with van der Waals surface area (Å²) in [6, 6.07) is 0. The van der Waals surface area contributed by atoms with Gasteiger partial charge in [0.25, 0.3) is 0 Å². The van der Waals surface area contributed by atoms with E-state index in [1.807, 2.05) is 0 Å². The van der Waals surface area contributed by atoms with Crippen LogP contribution in [0.25, 0.3) is 0 Å². The first-order chi connectivity index (χ1) is 6.33. The third kappa shape index (κ3) is 3.71. The Labute approximate surface area is 76.9 Å². The molecule has 0 saturated heterocycles. The summed E-state index contributed by atoms with van der Waals surface area (Å²) < 4.78 is 0. The summed E-state index contributed by atoms with van der Waals surface area (Å²) in [5.74, 6) is 0.902. The Balaban J connectivity index is 2.11. The van der Waals surface area contributed by atoms with Crippen molar-refractivity contribution in [3.05, 3.63) is 18.2 Å². The molecule has 0 aliphatic carbocycles. The van der Waals surface area contributed by atoms with Crippen LogP contribution in [0.3, 0.4) is 0 Å². The van der Waals surface area contributed by atoms with E-state index in [0.29, 0.717) is 13.1 Å². The predicted octanol–water partition coefficient (Wildman–Crippen LogP) is -0.712. The van der Waals surface area contributed by atoms with Gasteiger partial charge >= 0.3 is 0 Å². The number of likely N-dealkylation sites (N-methyl/N-ethyl adjacent to an activating group) is 1. The van der Waals surface area contributed by atoms with E-state index in [9.17, 15) is 4.79 Å². The molecule has 13 heavy (non-hydrogen) atoms. The van der Waals surface area contributed by atoms with Crippen molar-refractivity contribution in [2.75, 3.05) is 20.1 Å². The second-order valence-corrected chi connectivity index (χ2v) is 2.67. The van der Waals surface area contributed by atoms with E-state index in [2.05, 4.69) is 20.6 Å². The lowest BCUT2D eigenvalue weighted by molar-refractivity contribution is -0.120. The molecule has 0 saturated carbocycles. The van der Waals surface area contributed by atoms with Crippen molar-refractivity contribution in [2.45, 2.75) is 6.42 Å². The van der Waals surface area contributed by atoms with Crippen molar-refractivity contribution < 1.29 is 4.79 Å². The minimum absolute atomic E-state index is 0.00839. The second-order valence-electron chi connectivity index (χ2n) is 2.67. The average molecular weight is 182 g/mol. The van der Waals surface area contributed by atoms with Crippen molar-refractivity contribution in [3.63, 3.8) is 0 Å². The van der Waals surface area contributed by atoms with Gasteiger partial charge in [0.15, 0.2) is 0 Å². The van der Waals surface area contributed by atoms with Gasteiger partial charge in [0, 0.05) is 25.4 Å². The van der Waals surface area contributed by atoms with Crippen molar-refractivity contribution >= 4 is 5.91 Å². The van der Waals surface area contributed by atoms with E-state index < -0.39 is 0 Å². The molecule has 5 nitrogen and oxygen atoms in total. The number of imidazole rings is 1. The molecule has 0 spiro atoms. The van der Waals surface area contributed by atoms with Gasteiger partial charge in [-0.05, 0) is 7.05 Å². The Kier molecular flexibility index (Phi) is 3.98. The zero-order valence-corrected chi connectivity index (χ0v) is 7.63. The summed E-state index contributed by atoms with van der Waals surface area (Å²) in [6.45, 7) is 0.978. The second kappa shape index (κ2) is 5.31. The molecule has 0 aliphatic heterocycles. The normalized spacial score (nSPS) is 9.92. The molecule has 0 aromatic carbocycles. The Morgan fingerprint density at radius 1 is 1.69 bits per heavy atom. The zero-order valence-electron chi connectivity index (χ0n) is 7.63. The minimum atomic E-state index is 0.00839. The first kappa shape index (κ1) is 9.73. The van der Waals surface area contributed by atoms with Crippen molar-refractivity contribution in [2.24, 2.45) is 0 Å². The number of carbonyl (C=O) groups is 1. The fraction of sp³-hybridized carbons (Fsp3) is 0.500. The van der Waals surface area contributed by atoms with Crippen LogP contribution in [-0.4, -0.2) is 36.0 Å². The van der Waals surface area contributed by atoms with Gasteiger partial charge in [0.05, 0.1) is 6.54 Å². The van der Waals surface area contributed by atoms with E-state index in [4.69, 9.17) is 0 Å². The van der Waals surface area contributed by atoms with Crippen LogP contribution in [0.1, 0.15) is 5.82 Å². The van der Waals surface area contributed by atoms with Crippen LogP contribution in [0.15, 0.2) is 12.4 Å². The Hall–Kier alpha value is -1.36. The lowest BCUT2D eigenvalue weighted by Crippen LogP contribution is -2.33. The average Bonchev–Trinajstić information content (AvgIpc) is 2.57. The van der Waals surface area contributed by atoms with Crippen LogP contribution in [0.5, 0.6) is 0 Å². The molecule has 1 rings (SSSR count). The number of carbonyl (C=O) groups excluding carboxylic acids is 1. The van der Waals surface area contributed by atoms with E-state index in [-0.39, 0.29) is 5.91 Å². The van der Waals surface area contributed by atoms with Gasteiger partial charge < -0.3 is 15.6 Å². The molecule has 5 heteroatoms. The minimum Gasteiger partial charge on any atom is -0.355 e. The Morgan fingerprint density at radius 3 is 3.15 bits per heavy atom. The number of hydrogen-bond acceptors (Lipinski definition) is 3. The van der Waals surface area contributed by atoms with E-state index in [1.165, 1.54) is 0 Å². The van der Waals surface area contributed by atoms with E-state index in [0.717, 1.165) is 12.2 Å². The number of aromatic amines is 1. The molecular formula is C8H14N4O. The van der Waals surface area contributed by atoms with Crippen molar-refractivity contribution in [1.29, 1.82) is 0 Å². The number of nitrogens with one attached hydrogen (secondary N) is 3. The van der Waals surface area contributed by atoms with Crippen LogP contribution in [0, 0.1) is 0 Å². The highest BCUT2D eigenvalue weighted by atomic mass is 16.1. The monoisotopic (exact) mass is 182 g/mol. The van der Waals surface area contributed by atoms with Gasteiger partial charge in [-0.2, -0.15) is 0 Å². The summed E-state index contributed by atoms with van der Waals surface area (Å²) >= 11 is 0. The van der Waals surface area contributed by atoms with Gasteiger partial charge in [-0.1, -0.05) is 0 Å². The lowest BCUT2D eigenvalue weighted by Gasteiger charge is -2.02. The molecule has 3 N–H and O–H groups in total. The Bertz CT molecular complexity index is 245. The summed E-state index contributed by atoms with van der Waals surface area (Å²) in [5, 5.41) is 5.54. The number of amides is 1. The maximum absolute atomic E-state index is 11.0. The van der Waals surface area contributed by atoms with Gasteiger partial charge in [-0.15, -0.1) is 0 Å². The molecule has 0 aliphatic rings. The fourth-order valence-corrected chi connectivity index (χ4v) is 0.978. The number of H-pyrrole nitrogens is 1. The summed E-state index contributed by atoms with van der Waals surface area (Å²) in [6.07, 6.45) is 4.21. The van der Waals surface area contributed by atoms with Gasteiger partial charge in [0.2, 0.25) is 5.91 Å². The third-order valence-electron chi connectivity index (χ3n) is 1.58. The number of rotatable bonds is 5. The van der Waals surface area contributed by atoms with Crippen LogP contribution < -0.4 is 10.6 Å². The number of hydrogen-bond donors (Lipinski definition) is 3. The summed E-state index contributed by atoms with van der Waals surface area (Å²) in [5.41, 5.74) is 0. The highest BCUT2D eigenvalue weighted by molar-refractivity contribution is 5.77. The Morgan fingerprint density at radius 2 is 2.54 bits per heavy atom. The SMILES string of the molecule is CNCC(=O)NCCc1ncc[nH]1. The molecule has 0 unspecified atom stereocenters. The summed E-state index contributed by atoms with van der Waals surface area (Å²) in [4.78, 5) is 18.0. The summed E-state index contributed by atoms with van der Waals surface area (Å²) in [7, 11) is 1.74. The standard InChI is InChI=1S/C8H14N4O/c1-9-6-8(13)12-3-2-7-10-4-5-11-7/h4-5,9H,2-3,6H2,1H3,(H,10,11)(H,12,13). The molecular weight excluding hydrogens is 168 g/mol. The largest absolute Gasteiger partial charge is 0.355 e. The van der Waals surface area contributed by atoms with E-state index >= 15 is 0 Å². The van der Waals surface area contributed by atoms with Gasteiger partial charge in [-0.3, -0.25) is 4.79 Å². The fourth-order valence-electron chi connectivity index (χ4n) is 0.978. The molecule has 72 valence electrons. The highest BCUT2D eigenvalue weighted by Crippen LogP contribution is 1.87. The topological polar surface area (TPSA) is 69.8 Å². The quantitative estimate of drug-likeness (QED) is 0.563. The number of nitrogens with zero attached hydrogens (tertiary/aromatic N) is 1. The number of aromatic nitrogens is 2. The maximum Gasteiger partial charge on any atom is 0.233 e. The predicted molar refractivity (Wildman–Crippen MR) is 49.2 cm³/mol. The van der Waals surface area contributed by atoms with Crippen LogP contribution in [0.2, 0.25) is 0 Å². The third-order valence-corrected chi connectivity index (χ3v) is 1.58.